The van der Waals surface area contributed by atoms with Crippen molar-refractivity contribution in [2.45, 2.75) is 65.8 Å². The minimum absolute atomic E-state index is 0.273. The van der Waals surface area contributed by atoms with E-state index >= 15 is 0 Å². The molecule has 1 N–H and O–H groups in total. The van der Waals surface area contributed by atoms with Crippen LogP contribution in [0.15, 0.2) is 0 Å². The zero-order valence-electron chi connectivity index (χ0n) is 12.6. The molecule has 0 radical (unpaired) electrons. The van der Waals surface area contributed by atoms with Gasteiger partial charge in [0, 0.05) is 5.54 Å². The van der Waals surface area contributed by atoms with Crippen LogP contribution in [0.25, 0.3) is 0 Å². The molecule has 17 heavy (non-hydrogen) atoms. The molecule has 0 aliphatic carbocycles. The second-order valence-electron chi connectivity index (χ2n) is 7.39. The molecule has 1 aliphatic rings. The van der Waals surface area contributed by atoms with E-state index < -0.39 is 0 Å². The van der Waals surface area contributed by atoms with Gasteiger partial charge in [-0.05, 0) is 78.0 Å². The highest BCUT2D eigenvalue weighted by molar-refractivity contribution is 4.78. The van der Waals surface area contributed by atoms with Crippen molar-refractivity contribution in [3.63, 3.8) is 0 Å². The summed E-state index contributed by atoms with van der Waals surface area (Å²) < 4.78 is 0. The van der Waals surface area contributed by atoms with Gasteiger partial charge < -0.3 is 10.2 Å². The predicted molar refractivity (Wildman–Crippen MR) is 76.4 cm³/mol. The van der Waals surface area contributed by atoms with Gasteiger partial charge in [-0.3, -0.25) is 0 Å². The highest BCUT2D eigenvalue weighted by atomic mass is 15.1. The topological polar surface area (TPSA) is 15.3 Å². The third-order valence-electron chi connectivity index (χ3n) is 3.77. The zero-order valence-corrected chi connectivity index (χ0v) is 12.6. The summed E-state index contributed by atoms with van der Waals surface area (Å²) in [6.45, 7) is 16.6. The van der Waals surface area contributed by atoms with Gasteiger partial charge in [-0.25, -0.2) is 0 Å². The minimum Gasteiger partial charge on any atom is -0.312 e. The van der Waals surface area contributed by atoms with Crippen molar-refractivity contribution in [3.05, 3.63) is 0 Å². The summed E-state index contributed by atoms with van der Waals surface area (Å²) in [4.78, 5) is 2.64. The molecular weight excluding hydrogens is 208 g/mol. The van der Waals surface area contributed by atoms with Crippen LogP contribution in [-0.4, -0.2) is 36.6 Å². The molecule has 1 aliphatic heterocycles. The van der Waals surface area contributed by atoms with Gasteiger partial charge in [0.15, 0.2) is 0 Å². The summed E-state index contributed by atoms with van der Waals surface area (Å²) in [5.74, 6) is 0. The van der Waals surface area contributed by atoms with E-state index in [1.165, 1.54) is 45.3 Å². The molecule has 2 heteroatoms. The van der Waals surface area contributed by atoms with Crippen LogP contribution in [0, 0.1) is 5.41 Å². The zero-order chi connectivity index (χ0) is 12.9. The fourth-order valence-electron chi connectivity index (χ4n) is 2.31. The van der Waals surface area contributed by atoms with Crippen LogP contribution in [0.1, 0.15) is 60.3 Å². The van der Waals surface area contributed by atoms with E-state index in [-0.39, 0.29) is 5.54 Å². The molecule has 0 aromatic heterocycles. The van der Waals surface area contributed by atoms with Gasteiger partial charge in [0.05, 0.1) is 0 Å². The van der Waals surface area contributed by atoms with E-state index in [4.69, 9.17) is 0 Å². The van der Waals surface area contributed by atoms with Crippen molar-refractivity contribution in [2.24, 2.45) is 5.41 Å². The number of unbranched alkanes of at least 4 members (excludes halogenated alkanes) is 1. The molecule has 0 bridgehead atoms. The summed E-state index contributed by atoms with van der Waals surface area (Å²) in [5.41, 5.74) is 0.861. The van der Waals surface area contributed by atoms with Crippen LogP contribution in [0.5, 0.6) is 0 Å². The Morgan fingerprint density at radius 3 is 2.18 bits per heavy atom. The molecule has 0 aromatic rings. The fraction of sp³-hybridized carbons (Fsp3) is 1.00. The number of rotatable bonds is 5. The van der Waals surface area contributed by atoms with Crippen molar-refractivity contribution in [1.29, 1.82) is 0 Å². The highest BCUT2D eigenvalue weighted by Crippen LogP contribution is 2.29. The van der Waals surface area contributed by atoms with Gasteiger partial charge in [-0.15, -0.1) is 0 Å². The fourth-order valence-corrected chi connectivity index (χ4v) is 2.31. The summed E-state index contributed by atoms with van der Waals surface area (Å²) in [6, 6.07) is 0. The van der Waals surface area contributed by atoms with Crippen molar-refractivity contribution in [1.82, 2.24) is 10.2 Å². The molecular formula is C15H32N2. The number of hydrogen-bond acceptors (Lipinski definition) is 2. The number of likely N-dealkylation sites (tertiary alicyclic amines) is 1. The van der Waals surface area contributed by atoms with Crippen LogP contribution < -0.4 is 5.32 Å². The Bertz CT molecular complexity index is 205. The lowest BCUT2D eigenvalue weighted by Crippen LogP contribution is -2.39. The minimum atomic E-state index is 0.273. The Balaban J connectivity index is 2.01. The maximum Gasteiger partial charge on any atom is 0.00965 e. The van der Waals surface area contributed by atoms with Crippen LogP contribution in [0.4, 0.5) is 0 Å². The Kier molecular flexibility index (Phi) is 5.46. The lowest BCUT2D eigenvalue weighted by atomic mass is 9.82. The average molecular weight is 240 g/mol. The Labute approximate surface area is 108 Å². The van der Waals surface area contributed by atoms with E-state index in [2.05, 4.69) is 44.8 Å². The van der Waals surface area contributed by atoms with E-state index in [0.29, 0.717) is 5.41 Å². The quantitative estimate of drug-likeness (QED) is 0.742. The molecule has 1 saturated heterocycles. The lowest BCUT2D eigenvalue weighted by molar-refractivity contribution is 0.131. The second-order valence-corrected chi connectivity index (χ2v) is 7.39. The first-order valence-corrected chi connectivity index (χ1v) is 7.26. The maximum atomic E-state index is 3.55. The molecule has 102 valence electrons. The number of piperidine rings is 1. The molecule has 1 rings (SSSR count). The van der Waals surface area contributed by atoms with Crippen LogP contribution in [0.2, 0.25) is 0 Å². The van der Waals surface area contributed by atoms with E-state index in [0.717, 1.165) is 6.54 Å². The number of nitrogens with zero attached hydrogens (tertiary/aromatic N) is 1. The van der Waals surface area contributed by atoms with Crippen molar-refractivity contribution < 1.29 is 0 Å². The first kappa shape index (κ1) is 15.0. The second kappa shape index (κ2) is 6.19. The normalized spacial score (nSPS) is 21.7. The monoisotopic (exact) mass is 240 g/mol. The van der Waals surface area contributed by atoms with Crippen molar-refractivity contribution in [2.75, 3.05) is 26.2 Å². The van der Waals surface area contributed by atoms with Gasteiger partial charge in [0.25, 0.3) is 0 Å². The van der Waals surface area contributed by atoms with E-state index in [1.54, 1.807) is 0 Å². The number of nitrogens with one attached hydrogen (secondary N) is 1. The van der Waals surface area contributed by atoms with Crippen molar-refractivity contribution >= 4 is 0 Å². The molecule has 1 fully saturated rings. The lowest BCUT2D eigenvalue weighted by Gasteiger charge is -2.37. The molecule has 1 heterocycles. The molecule has 0 saturated carbocycles. The van der Waals surface area contributed by atoms with Crippen molar-refractivity contribution in [3.8, 4) is 0 Å². The summed E-state index contributed by atoms with van der Waals surface area (Å²) in [5, 5.41) is 3.55. The van der Waals surface area contributed by atoms with Crippen LogP contribution >= 0.6 is 0 Å². The standard InChI is InChI=1S/C15H32N2/c1-14(2,3)16-10-6-7-11-17-12-8-15(4,5)9-13-17/h16H,6-13H2,1-5H3. The van der Waals surface area contributed by atoms with Gasteiger partial charge in [0.1, 0.15) is 0 Å². The molecule has 0 amide bonds. The third-order valence-corrected chi connectivity index (χ3v) is 3.77. The Morgan fingerprint density at radius 2 is 1.65 bits per heavy atom. The molecule has 0 atom stereocenters. The summed E-state index contributed by atoms with van der Waals surface area (Å²) in [7, 11) is 0. The summed E-state index contributed by atoms with van der Waals surface area (Å²) >= 11 is 0. The smallest absolute Gasteiger partial charge is 0.00965 e. The van der Waals surface area contributed by atoms with E-state index in [9.17, 15) is 0 Å². The van der Waals surface area contributed by atoms with Crippen LogP contribution in [0.3, 0.4) is 0 Å². The SMILES string of the molecule is CC1(C)CCN(CCCCNC(C)(C)C)CC1. The molecule has 0 spiro atoms. The summed E-state index contributed by atoms with van der Waals surface area (Å²) in [6.07, 6.45) is 5.38. The van der Waals surface area contributed by atoms with Crippen LogP contribution in [-0.2, 0) is 0 Å². The molecule has 2 nitrogen and oxygen atoms in total. The first-order valence-electron chi connectivity index (χ1n) is 7.26. The van der Waals surface area contributed by atoms with Gasteiger partial charge in [-0.1, -0.05) is 13.8 Å². The Hall–Kier alpha value is -0.0800. The third kappa shape index (κ3) is 7.05. The molecule has 0 aromatic carbocycles. The van der Waals surface area contributed by atoms with Gasteiger partial charge in [-0.2, -0.15) is 0 Å². The van der Waals surface area contributed by atoms with Gasteiger partial charge >= 0.3 is 0 Å². The average Bonchev–Trinajstić information content (AvgIpc) is 2.18. The van der Waals surface area contributed by atoms with E-state index in [1.807, 2.05) is 0 Å². The highest BCUT2D eigenvalue weighted by Gasteiger charge is 2.24. The molecule has 0 unspecified atom stereocenters. The predicted octanol–water partition coefficient (Wildman–Crippen LogP) is 3.28. The maximum absolute atomic E-state index is 3.55. The largest absolute Gasteiger partial charge is 0.312 e. The van der Waals surface area contributed by atoms with Gasteiger partial charge in [0.2, 0.25) is 0 Å². The Morgan fingerprint density at radius 1 is 1.06 bits per heavy atom. The number of hydrogen-bond donors (Lipinski definition) is 1. The first-order chi connectivity index (χ1) is 7.79.